The zero-order chi connectivity index (χ0) is 22.8. The van der Waals surface area contributed by atoms with Gasteiger partial charge in [-0.1, -0.05) is 29.8 Å². The minimum atomic E-state index is -0.983. The molecule has 2 rings (SSSR count). The Balaban J connectivity index is 1.96. The molecule has 7 nitrogen and oxygen atoms in total. The smallest absolute Gasteiger partial charge is 0.340 e. The largest absolute Gasteiger partial charge is 0.449 e. The maximum atomic E-state index is 12.7. The quantitative estimate of drug-likeness (QED) is 0.332. The van der Waals surface area contributed by atoms with Crippen LogP contribution >= 0.6 is 11.8 Å². The molecule has 2 aromatic carbocycles. The van der Waals surface area contributed by atoms with Crippen molar-refractivity contribution >= 4 is 35.2 Å². The first kappa shape index (κ1) is 24.4. The van der Waals surface area contributed by atoms with Gasteiger partial charge in [0, 0.05) is 24.2 Å². The second-order valence-corrected chi connectivity index (χ2v) is 8.00. The summed E-state index contributed by atoms with van der Waals surface area (Å²) in [5.41, 5.74) is 3.01. The van der Waals surface area contributed by atoms with Crippen LogP contribution in [0.4, 0.5) is 5.69 Å². The van der Waals surface area contributed by atoms with Crippen molar-refractivity contribution in [3.63, 3.8) is 0 Å². The fourth-order valence-corrected chi connectivity index (χ4v) is 3.58. The van der Waals surface area contributed by atoms with Crippen molar-refractivity contribution in [2.45, 2.75) is 31.8 Å². The van der Waals surface area contributed by atoms with Crippen LogP contribution in [0.5, 0.6) is 0 Å². The van der Waals surface area contributed by atoms with E-state index in [1.165, 1.54) is 18.7 Å². The van der Waals surface area contributed by atoms with Crippen molar-refractivity contribution in [1.29, 1.82) is 0 Å². The van der Waals surface area contributed by atoms with Crippen LogP contribution in [0.15, 0.2) is 47.4 Å². The van der Waals surface area contributed by atoms with E-state index in [0.717, 1.165) is 11.1 Å². The molecule has 0 fully saturated rings. The van der Waals surface area contributed by atoms with Gasteiger partial charge in [-0.2, -0.15) is 0 Å². The number of hydrogen-bond acceptors (Lipinski definition) is 6. The van der Waals surface area contributed by atoms with Crippen LogP contribution in [0.3, 0.4) is 0 Å². The third-order valence-electron chi connectivity index (χ3n) is 4.39. The van der Waals surface area contributed by atoms with Crippen LogP contribution < -0.4 is 10.6 Å². The first-order valence-corrected chi connectivity index (χ1v) is 10.9. The molecular weight excluding hydrogens is 416 g/mol. The summed E-state index contributed by atoms with van der Waals surface area (Å²) < 4.78 is 10.3. The topological polar surface area (TPSA) is 93.7 Å². The Morgan fingerprint density at radius 1 is 1.10 bits per heavy atom. The molecule has 1 unspecified atom stereocenters. The molecule has 0 aliphatic rings. The van der Waals surface area contributed by atoms with Crippen molar-refractivity contribution in [3.8, 4) is 0 Å². The van der Waals surface area contributed by atoms with Crippen molar-refractivity contribution < 1.29 is 23.9 Å². The monoisotopic (exact) mass is 444 g/mol. The van der Waals surface area contributed by atoms with E-state index in [-0.39, 0.29) is 11.7 Å². The number of methoxy groups -OCH3 is 1. The average Bonchev–Trinajstić information content (AvgIpc) is 2.74. The number of thioether (sulfide) groups is 1. The molecule has 2 aromatic rings. The number of benzene rings is 2. The van der Waals surface area contributed by atoms with Gasteiger partial charge in [-0.05, 0) is 44.5 Å². The number of nitrogens with one attached hydrogen (secondary N) is 2. The summed E-state index contributed by atoms with van der Waals surface area (Å²) in [6.45, 7) is 6.25. The van der Waals surface area contributed by atoms with Gasteiger partial charge in [0.2, 0.25) is 5.91 Å². The normalized spacial score (nSPS) is 11.5. The van der Waals surface area contributed by atoms with Gasteiger partial charge in [-0.15, -0.1) is 11.8 Å². The van der Waals surface area contributed by atoms with E-state index in [9.17, 15) is 14.4 Å². The summed E-state index contributed by atoms with van der Waals surface area (Å²) in [5.74, 6) is -1.04. The molecule has 8 heteroatoms. The fourth-order valence-electron chi connectivity index (χ4n) is 2.71. The molecule has 31 heavy (non-hydrogen) atoms. The van der Waals surface area contributed by atoms with Crippen LogP contribution in [-0.4, -0.2) is 49.9 Å². The second kappa shape index (κ2) is 12.1. The number of amides is 2. The standard InChI is InChI=1S/C23H28N2O5S/c1-15-9-10-19(16(2)13-15)25-22(27)17(3)30-23(28)18-7-5-6-8-20(18)31-14-21(26)24-11-12-29-4/h5-10,13,17H,11-12,14H2,1-4H3,(H,24,26)(H,25,27). The fraction of sp³-hybridized carbons (Fsp3) is 0.348. The van der Waals surface area contributed by atoms with Gasteiger partial charge in [0.1, 0.15) is 0 Å². The van der Waals surface area contributed by atoms with Gasteiger partial charge in [-0.3, -0.25) is 9.59 Å². The molecule has 0 heterocycles. The average molecular weight is 445 g/mol. The highest BCUT2D eigenvalue weighted by atomic mass is 32.2. The minimum Gasteiger partial charge on any atom is -0.449 e. The highest BCUT2D eigenvalue weighted by molar-refractivity contribution is 8.00. The predicted octanol–water partition coefficient (Wildman–Crippen LogP) is 3.34. The van der Waals surface area contributed by atoms with Crippen LogP contribution in [0.1, 0.15) is 28.4 Å². The summed E-state index contributed by atoms with van der Waals surface area (Å²) in [6.07, 6.45) is -0.983. The van der Waals surface area contributed by atoms with Crippen LogP contribution in [0.2, 0.25) is 0 Å². The van der Waals surface area contributed by atoms with Crippen molar-refractivity contribution in [2.75, 3.05) is 31.3 Å². The number of anilines is 1. The second-order valence-electron chi connectivity index (χ2n) is 6.98. The number of carbonyl (C=O) groups is 3. The Bertz CT molecular complexity index is 932. The molecule has 0 aliphatic heterocycles. The summed E-state index contributed by atoms with van der Waals surface area (Å²) in [6, 6.07) is 12.5. The number of ether oxygens (including phenoxy) is 2. The summed E-state index contributed by atoms with van der Waals surface area (Å²) in [4.78, 5) is 37.7. The number of hydrogen-bond donors (Lipinski definition) is 2. The third kappa shape index (κ3) is 7.73. The highest BCUT2D eigenvalue weighted by Crippen LogP contribution is 2.24. The Hall–Kier alpha value is -2.84. The van der Waals surface area contributed by atoms with Gasteiger partial charge >= 0.3 is 5.97 Å². The lowest BCUT2D eigenvalue weighted by molar-refractivity contribution is -0.123. The van der Waals surface area contributed by atoms with Crippen molar-refractivity contribution in [2.24, 2.45) is 0 Å². The van der Waals surface area contributed by atoms with E-state index in [1.54, 1.807) is 31.4 Å². The summed E-state index contributed by atoms with van der Waals surface area (Å²) in [7, 11) is 1.56. The maximum absolute atomic E-state index is 12.7. The lowest BCUT2D eigenvalue weighted by Crippen LogP contribution is -2.30. The van der Waals surface area contributed by atoms with E-state index in [1.807, 2.05) is 32.0 Å². The Morgan fingerprint density at radius 2 is 1.84 bits per heavy atom. The van der Waals surface area contributed by atoms with Gasteiger partial charge in [0.05, 0.1) is 17.9 Å². The molecule has 0 saturated heterocycles. The zero-order valence-corrected chi connectivity index (χ0v) is 19.0. The zero-order valence-electron chi connectivity index (χ0n) is 18.2. The molecule has 0 aromatic heterocycles. The molecule has 1 atom stereocenters. The van der Waals surface area contributed by atoms with E-state index in [2.05, 4.69) is 10.6 Å². The number of esters is 1. The van der Waals surface area contributed by atoms with Gasteiger partial charge < -0.3 is 20.1 Å². The Kier molecular flexibility index (Phi) is 9.55. The lowest BCUT2D eigenvalue weighted by Gasteiger charge is -2.16. The van der Waals surface area contributed by atoms with Gasteiger partial charge in [0.25, 0.3) is 5.91 Å². The Morgan fingerprint density at radius 3 is 2.55 bits per heavy atom. The third-order valence-corrected chi connectivity index (χ3v) is 5.46. The molecule has 166 valence electrons. The lowest BCUT2D eigenvalue weighted by atomic mass is 10.1. The van der Waals surface area contributed by atoms with Crippen LogP contribution in [0.25, 0.3) is 0 Å². The number of carbonyl (C=O) groups excluding carboxylic acids is 3. The van der Waals surface area contributed by atoms with E-state index in [0.29, 0.717) is 29.3 Å². The van der Waals surface area contributed by atoms with E-state index in [4.69, 9.17) is 9.47 Å². The molecule has 0 spiro atoms. The molecular formula is C23H28N2O5S. The summed E-state index contributed by atoms with van der Waals surface area (Å²) >= 11 is 1.23. The highest BCUT2D eigenvalue weighted by Gasteiger charge is 2.21. The SMILES string of the molecule is COCCNC(=O)CSc1ccccc1C(=O)OC(C)C(=O)Nc1ccc(C)cc1C. The van der Waals surface area contributed by atoms with Crippen LogP contribution in [-0.2, 0) is 19.1 Å². The molecule has 0 radical (unpaired) electrons. The minimum absolute atomic E-state index is 0.150. The van der Waals surface area contributed by atoms with Gasteiger partial charge in [0.15, 0.2) is 6.10 Å². The van der Waals surface area contributed by atoms with E-state index >= 15 is 0 Å². The van der Waals surface area contributed by atoms with Crippen LogP contribution in [0, 0.1) is 13.8 Å². The maximum Gasteiger partial charge on any atom is 0.340 e. The molecule has 2 N–H and O–H groups in total. The molecule has 0 aliphatic carbocycles. The molecule has 0 saturated carbocycles. The summed E-state index contributed by atoms with van der Waals surface area (Å²) in [5, 5.41) is 5.52. The molecule has 2 amide bonds. The first-order chi connectivity index (χ1) is 14.8. The molecule has 0 bridgehead atoms. The first-order valence-electron chi connectivity index (χ1n) is 9.88. The van der Waals surface area contributed by atoms with Crippen molar-refractivity contribution in [3.05, 3.63) is 59.2 Å². The number of aryl methyl sites for hydroxylation is 2. The van der Waals surface area contributed by atoms with E-state index < -0.39 is 18.0 Å². The number of rotatable bonds is 10. The Labute approximate surface area is 186 Å². The van der Waals surface area contributed by atoms with Crippen molar-refractivity contribution in [1.82, 2.24) is 5.32 Å². The predicted molar refractivity (Wildman–Crippen MR) is 121 cm³/mol. The van der Waals surface area contributed by atoms with Gasteiger partial charge in [-0.25, -0.2) is 4.79 Å².